The Labute approximate surface area is 146 Å². The summed E-state index contributed by atoms with van der Waals surface area (Å²) < 4.78 is 20.9. The molecule has 2 aliphatic rings. The molecule has 136 valence electrons. The quantitative estimate of drug-likeness (QED) is 0.780. The first-order valence-corrected chi connectivity index (χ1v) is 8.26. The van der Waals surface area contributed by atoms with Crippen molar-refractivity contribution in [3.8, 4) is 11.5 Å². The first-order valence-electron chi connectivity index (χ1n) is 8.26. The van der Waals surface area contributed by atoms with Crippen molar-refractivity contribution in [1.82, 2.24) is 4.90 Å². The number of ether oxygens (including phenoxy) is 4. The van der Waals surface area contributed by atoms with Crippen LogP contribution in [0.2, 0.25) is 0 Å². The van der Waals surface area contributed by atoms with Crippen molar-refractivity contribution in [2.75, 3.05) is 35.0 Å². The molecule has 1 aliphatic carbocycles. The van der Waals surface area contributed by atoms with Gasteiger partial charge in [0.05, 0.1) is 28.4 Å². The summed E-state index contributed by atoms with van der Waals surface area (Å²) in [7, 11) is 5.83. The number of hydrogen-bond acceptors (Lipinski definition) is 6. The van der Waals surface area contributed by atoms with Gasteiger partial charge in [-0.3, -0.25) is 0 Å². The van der Waals surface area contributed by atoms with E-state index in [0.717, 1.165) is 24.0 Å². The second-order valence-corrected chi connectivity index (χ2v) is 6.30. The van der Waals surface area contributed by atoms with E-state index in [1.54, 1.807) is 12.0 Å². The molecule has 0 spiro atoms. The molecule has 2 unspecified atom stereocenters. The van der Waals surface area contributed by atoms with Crippen LogP contribution >= 0.6 is 0 Å². The van der Waals surface area contributed by atoms with Crippen LogP contribution < -0.4 is 9.47 Å². The maximum atomic E-state index is 12.2. The highest BCUT2D eigenvalue weighted by Gasteiger charge is 2.41. The molecule has 0 aromatic heterocycles. The molecule has 0 saturated carbocycles. The second kappa shape index (κ2) is 6.82. The molecule has 25 heavy (non-hydrogen) atoms. The molecule has 1 saturated heterocycles. The molecule has 2 atom stereocenters. The van der Waals surface area contributed by atoms with Gasteiger partial charge in [0.25, 0.3) is 0 Å². The lowest BCUT2D eigenvalue weighted by Gasteiger charge is -2.43. The van der Waals surface area contributed by atoms with E-state index in [1.807, 2.05) is 6.07 Å². The van der Waals surface area contributed by atoms with E-state index in [9.17, 15) is 9.59 Å². The van der Waals surface area contributed by atoms with Crippen LogP contribution in [0.5, 0.6) is 11.5 Å². The number of likely N-dealkylation sites (tertiary alicyclic amines) is 1. The minimum Gasteiger partial charge on any atom is -0.493 e. The summed E-state index contributed by atoms with van der Waals surface area (Å²) in [6.45, 7) is 0.645. The number of hydrogen-bond donors (Lipinski definition) is 0. The molecular formula is C18H23NO6. The molecule has 2 bridgehead atoms. The summed E-state index contributed by atoms with van der Waals surface area (Å²) in [6, 6.07) is 1.87. The zero-order valence-corrected chi connectivity index (χ0v) is 15.0. The highest BCUT2D eigenvalue weighted by Crippen LogP contribution is 2.49. The number of amides is 1. The number of esters is 1. The molecule has 1 aromatic rings. The summed E-state index contributed by atoms with van der Waals surface area (Å²) in [6.07, 6.45) is 2.00. The first-order chi connectivity index (χ1) is 12.0. The van der Waals surface area contributed by atoms with Gasteiger partial charge in [-0.25, -0.2) is 9.59 Å². The van der Waals surface area contributed by atoms with E-state index in [2.05, 4.69) is 0 Å². The highest BCUT2D eigenvalue weighted by molar-refractivity contribution is 5.94. The van der Waals surface area contributed by atoms with Crippen molar-refractivity contribution in [2.45, 2.75) is 31.2 Å². The molecule has 0 N–H and O–H groups in total. The van der Waals surface area contributed by atoms with Crippen molar-refractivity contribution in [3.05, 3.63) is 22.8 Å². The van der Waals surface area contributed by atoms with E-state index >= 15 is 0 Å². The monoisotopic (exact) mass is 349 g/mol. The Morgan fingerprint density at radius 1 is 1.08 bits per heavy atom. The van der Waals surface area contributed by atoms with E-state index in [4.69, 9.17) is 18.9 Å². The number of benzene rings is 1. The van der Waals surface area contributed by atoms with Gasteiger partial charge in [-0.05, 0) is 36.8 Å². The molecule has 0 radical (unpaired) electrons. The fourth-order valence-corrected chi connectivity index (χ4v) is 4.11. The molecule has 7 heteroatoms. The maximum Gasteiger partial charge on any atom is 0.409 e. The Bertz CT molecular complexity index is 701. The van der Waals surface area contributed by atoms with Crippen molar-refractivity contribution in [3.63, 3.8) is 0 Å². The summed E-state index contributed by atoms with van der Waals surface area (Å²) in [5.41, 5.74) is 2.41. The molecule has 1 aromatic carbocycles. The Kier molecular flexibility index (Phi) is 4.74. The van der Waals surface area contributed by atoms with Crippen molar-refractivity contribution < 1.29 is 28.5 Å². The SMILES string of the molecule is COC(=O)c1cc2c(c(OC)c1OC)C1CCN(C(=O)OC)C(C2)C1. The number of carbonyl (C=O) groups excluding carboxylic acids is 2. The Morgan fingerprint density at radius 2 is 1.80 bits per heavy atom. The molecule has 1 aliphatic heterocycles. The van der Waals surface area contributed by atoms with Crippen LogP contribution in [0, 0.1) is 0 Å². The standard InChI is InChI=1S/C18H23NO6/c1-22-15-13(17(20)24-3)9-11-8-12-7-10(14(11)16(15)23-2)5-6-19(12)18(21)25-4/h9-10,12H,5-8H2,1-4H3. The van der Waals surface area contributed by atoms with Crippen molar-refractivity contribution in [1.29, 1.82) is 0 Å². The van der Waals surface area contributed by atoms with E-state index in [0.29, 0.717) is 30.0 Å². The largest absolute Gasteiger partial charge is 0.493 e. The Hall–Kier alpha value is -2.44. The number of carbonyl (C=O) groups is 2. The first kappa shape index (κ1) is 17.4. The number of piperidine rings is 1. The number of nitrogens with zero attached hydrogens (tertiary/aromatic N) is 1. The van der Waals surface area contributed by atoms with Gasteiger partial charge in [0, 0.05) is 18.2 Å². The van der Waals surface area contributed by atoms with E-state index in [1.165, 1.54) is 21.3 Å². The molecule has 3 rings (SSSR count). The topological polar surface area (TPSA) is 74.3 Å². The smallest absolute Gasteiger partial charge is 0.409 e. The van der Waals surface area contributed by atoms with Gasteiger partial charge in [-0.15, -0.1) is 0 Å². The van der Waals surface area contributed by atoms with Gasteiger partial charge in [0.2, 0.25) is 0 Å². The third-order valence-electron chi connectivity index (χ3n) is 5.16. The van der Waals surface area contributed by atoms with Gasteiger partial charge in [0.1, 0.15) is 5.56 Å². The molecule has 1 heterocycles. The van der Waals surface area contributed by atoms with Gasteiger partial charge >= 0.3 is 12.1 Å². The maximum absolute atomic E-state index is 12.2. The molecule has 1 fully saturated rings. The van der Waals surface area contributed by atoms with Gasteiger partial charge in [-0.1, -0.05) is 0 Å². The number of rotatable bonds is 3. The average molecular weight is 349 g/mol. The lowest BCUT2D eigenvalue weighted by molar-refractivity contribution is 0.0594. The van der Waals surface area contributed by atoms with Crippen LogP contribution in [0.15, 0.2) is 6.07 Å². The van der Waals surface area contributed by atoms with Crippen LogP contribution in [0.4, 0.5) is 4.79 Å². The Morgan fingerprint density at radius 3 is 2.40 bits per heavy atom. The predicted octanol–water partition coefficient (Wildman–Crippen LogP) is 2.36. The van der Waals surface area contributed by atoms with Crippen LogP contribution in [0.25, 0.3) is 0 Å². The van der Waals surface area contributed by atoms with Crippen LogP contribution in [-0.2, 0) is 15.9 Å². The minimum atomic E-state index is -0.474. The third kappa shape index (κ3) is 2.77. The second-order valence-electron chi connectivity index (χ2n) is 6.30. The van der Waals surface area contributed by atoms with E-state index in [-0.39, 0.29) is 18.1 Å². The Balaban J connectivity index is 2.10. The fraction of sp³-hybridized carbons (Fsp3) is 0.556. The molecule has 1 amide bonds. The number of fused-ring (bicyclic) bond motifs is 4. The van der Waals surface area contributed by atoms with Gasteiger partial charge < -0.3 is 23.8 Å². The van der Waals surface area contributed by atoms with Gasteiger partial charge in [0.15, 0.2) is 11.5 Å². The fourth-order valence-electron chi connectivity index (χ4n) is 4.11. The van der Waals surface area contributed by atoms with Crippen LogP contribution in [0.3, 0.4) is 0 Å². The van der Waals surface area contributed by atoms with Crippen LogP contribution in [-0.4, -0.2) is 58.0 Å². The normalized spacial score (nSPS) is 21.2. The minimum absolute atomic E-state index is 0.0577. The number of methoxy groups -OCH3 is 4. The lowest BCUT2D eigenvalue weighted by atomic mass is 9.74. The van der Waals surface area contributed by atoms with Crippen LogP contribution in [0.1, 0.15) is 40.2 Å². The summed E-state index contributed by atoms with van der Waals surface area (Å²) in [5, 5.41) is 0. The lowest BCUT2D eigenvalue weighted by Crippen LogP contribution is -2.48. The van der Waals surface area contributed by atoms with Crippen molar-refractivity contribution >= 4 is 12.1 Å². The zero-order chi connectivity index (χ0) is 18.1. The predicted molar refractivity (Wildman–Crippen MR) is 89.5 cm³/mol. The zero-order valence-electron chi connectivity index (χ0n) is 15.0. The summed E-state index contributed by atoms with van der Waals surface area (Å²) in [5.74, 6) is 0.779. The van der Waals surface area contributed by atoms with Crippen molar-refractivity contribution in [2.24, 2.45) is 0 Å². The molecule has 7 nitrogen and oxygen atoms in total. The highest BCUT2D eigenvalue weighted by atomic mass is 16.5. The van der Waals surface area contributed by atoms with E-state index < -0.39 is 5.97 Å². The summed E-state index contributed by atoms with van der Waals surface area (Å²) in [4.78, 5) is 26.0. The molecular weight excluding hydrogens is 326 g/mol. The summed E-state index contributed by atoms with van der Waals surface area (Å²) >= 11 is 0. The van der Waals surface area contributed by atoms with Gasteiger partial charge in [-0.2, -0.15) is 0 Å². The third-order valence-corrected chi connectivity index (χ3v) is 5.16. The average Bonchev–Trinajstić information content (AvgIpc) is 2.65.